The topological polar surface area (TPSA) is 86.8 Å². The van der Waals surface area contributed by atoms with E-state index in [-0.39, 0.29) is 22.8 Å². The van der Waals surface area contributed by atoms with E-state index in [1.54, 1.807) is 30.9 Å². The third-order valence-electron chi connectivity index (χ3n) is 5.30. The second kappa shape index (κ2) is 7.98. The van der Waals surface area contributed by atoms with E-state index in [0.29, 0.717) is 31.7 Å². The van der Waals surface area contributed by atoms with Crippen LogP contribution in [0.4, 0.5) is 0 Å². The molecule has 7 nitrogen and oxygen atoms in total. The van der Waals surface area contributed by atoms with Gasteiger partial charge < -0.3 is 15.1 Å². The number of sulfone groups is 1. The zero-order valence-electron chi connectivity index (χ0n) is 15.8. The van der Waals surface area contributed by atoms with E-state index in [1.165, 1.54) is 12.1 Å². The third-order valence-corrected chi connectivity index (χ3v) is 7.47. The van der Waals surface area contributed by atoms with Crippen LogP contribution in [-0.2, 0) is 14.6 Å². The number of piperidine rings is 1. The predicted molar refractivity (Wildman–Crippen MR) is 102 cm³/mol. The van der Waals surface area contributed by atoms with Gasteiger partial charge in [0.2, 0.25) is 5.91 Å². The van der Waals surface area contributed by atoms with Crippen molar-refractivity contribution in [2.75, 3.05) is 32.7 Å². The van der Waals surface area contributed by atoms with E-state index in [4.69, 9.17) is 0 Å². The number of likely N-dealkylation sites (tertiary alicyclic amines) is 1. The van der Waals surface area contributed by atoms with Crippen molar-refractivity contribution in [1.82, 2.24) is 15.1 Å². The van der Waals surface area contributed by atoms with Gasteiger partial charge in [0.25, 0.3) is 5.91 Å². The van der Waals surface area contributed by atoms with E-state index in [9.17, 15) is 18.0 Å². The monoisotopic (exact) mass is 393 g/mol. The van der Waals surface area contributed by atoms with Crippen molar-refractivity contribution in [2.45, 2.75) is 42.9 Å². The molecule has 2 fully saturated rings. The molecule has 0 bridgehead atoms. The standard InChI is InChI=1S/C19H27N3O4S/c1-14(2)27(25,26)17-7-5-15(6-8-17)19(24)21-10-3-4-16(13-21)22-11-9-20-12-18(22)23/h5-8,14,16,20H,3-4,9-13H2,1-2H3. The molecule has 2 aliphatic rings. The van der Waals surface area contributed by atoms with E-state index in [0.717, 1.165) is 19.4 Å². The highest BCUT2D eigenvalue weighted by molar-refractivity contribution is 7.92. The van der Waals surface area contributed by atoms with Crippen LogP contribution in [0.1, 0.15) is 37.0 Å². The van der Waals surface area contributed by atoms with Gasteiger partial charge in [0, 0.05) is 37.8 Å². The highest BCUT2D eigenvalue weighted by Gasteiger charge is 2.32. The first-order valence-electron chi connectivity index (χ1n) is 9.44. The minimum Gasteiger partial charge on any atom is -0.337 e. The molecule has 2 saturated heterocycles. The van der Waals surface area contributed by atoms with Gasteiger partial charge in [0.05, 0.1) is 16.7 Å². The van der Waals surface area contributed by atoms with Crippen LogP contribution in [0.5, 0.6) is 0 Å². The Morgan fingerprint density at radius 3 is 2.52 bits per heavy atom. The molecule has 1 aromatic rings. The zero-order chi connectivity index (χ0) is 19.6. The van der Waals surface area contributed by atoms with E-state index in [2.05, 4.69) is 5.32 Å². The number of carbonyl (C=O) groups is 2. The molecule has 148 valence electrons. The Balaban J connectivity index is 1.71. The fraction of sp³-hybridized carbons (Fsp3) is 0.579. The number of benzene rings is 1. The average molecular weight is 394 g/mol. The van der Waals surface area contributed by atoms with Crippen molar-refractivity contribution in [3.05, 3.63) is 29.8 Å². The number of nitrogens with zero attached hydrogens (tertiary/aromatic N) is 2. The van der Waals surface area contributed by atoms with E-state index >= 15 is 0 Å². The lowest BCUT2D eigenvalue weighted by Gasteiger charge is -2.41. The lowest BCUT2D eigenvalue weighted by molar-refractivity contribution is -0.135. The summed E-state index contributed by atoms with van der Waals surface area (Å²) in [7, 11) is -3.35. The van der Waals surface area contributed by atoms with Gasteiger partial charge in [-0.2, -0.15) is 0 Å². The normalized spacial score (nSPS) is 21.6. The molecule has 27 heavy (non-hydrogen) atoms. The molecule has 0 radical (unpaired) electrons. The summed E-state index contributed by atoms with van der Waals surface area (Å²) in [4.78, 5) is 28.9. The van der Waals surface area contributed by atoms with Gasteiger partial charge in [0.15, 0.2) is 9.84 Å². The van der Waals surface area contributed by atoms with Crippen molar-refractivity contribution in [3.63, 3.8) is 0 Å². The third kappa shape index (κ3) is 4.16. The van der Waals surface area contributed by atoms with Gasteiger partial charge in [0.1, 0.15) is 0 Å². The molecule has 0 saturated carbocycles. The first kappa shape index (κ1) is 19.8. The molecule has 1 N–H and O–H groups in total. The maximum atomic E-state index is 12.9. The summed E-state index contributed by atoms with van der Waals surface area (Å²) in [5.41, 5.74) is 0.477. The highest BCUT2D eigenvalue weighted by atomic mass is 32.2. The molecule has 8 heteroatoms. The molecule has 1 atom stereocenters. The van der Waals surface area contributed by atoms with Crippen molar-refractivity contribution in [1.29, 1.82) is 0 Å². The second-order valence-corrected chi connectivity index (χ2v) is 9.93. The number of hydrogen-bond acceptors (Lipinski definition) is 5. The number of hydrogen-bond donors (Lipinski definition) is 1. The van der Waals surface area contributed by atoms with Crippen LogP contribution in [-0.4, -0.2) is 74.0 Å². The molecule has 0 aliphatic carbocycles. The number of amides is 2. The zero-order valence-corrected chi connectivity index (χ0v) is 16.7. The van der Waals surface area contributed by atoms with Gasteiger partial charge in [-0.25, -0.2) is 8.42 Å². The molecular weight excluding hydrogens is 366 g/mol. The van der Waals surface area contributed by atoms with Gasteiger partial charge in [-0.3, -0.25) is 9.59 Å². The summed E-state index contributed by atoms with van der Waals surface area (Å²) in [6.45, 7) is 6.27. The first-order valence-corrected chi connectivity index (χ1v) is 11.0. The quantitative estimate of drug-likeness (QED) is 0.822. The fourth-order valence-electron chi connectivity index (χ4n) is 3.64. The van der Waals surface area contributed by atoms with E-state index in [1.807, 2.05) is 4.90 Å². The lowest BCUT2D eigenvalue weighted by Crippen LogP contribution is -2.57. The molecule has 0 aromatic heterocycles. The van der Waals surface area contributed by atoms with Gasteiger partial charge in [-0.05, 0) is 51.0 Å². The Kier molecular flexibility index (Phi) is 5.86. The Bertz CT molecular complexity index is 805. The molecule has 0 spiro atoms. The molecule has 3 rings (SSSR count). The first-order chi connectivity index (χ1) is 12.8. The Labute approximate surface area is 160 Å². The van der Waals surface area contributed by atoms with Crippen molar-refractivity contribution in [3.8, 4) is 0 Å². The molecule has 1 unspecified atom stereocenters. The van der Waals surface area contributed by atoms with E-state index < -0.39 is 15.1 Å². The Morgan fingerprint density at radius 2 is 1.89 bits per heavy atom. The van der Waals surface area contributed by atoms with Crippen molar-refractivity contribution in [2.24, 2.45) is 0 Å². The SMILES string of the molecule is CC(C)S(=O)(=O)c1ccc(C(=O)N2CCCC(N3CCNCC3=O)C2)cc1. The number of rotatable bonds is 4. The highest BCUT2D eigenvalue weighted by Crippen LogP contribution is 2.21. The fourth-order valence-corrected chi connectivity index (χ4v) is 4.70. The van der Waals surface area contributed by atoms with Crippen LogP contribution in [0.2, 0.25) is 0 Å². The predicted octanol–water partition coefficient (Wildman–Crippen LogP) is 0.905. The molecule has 1 aromatic carbocycles. The van der Waals surface area contributed by atoms with Crippen LogP contribution in [0, 0.1) is 0 Å². The Hall–Kier alpha value is -1.93. The van der Waals surface area contributed by atoms with Crippen LogP contribution in [0.3, 0.4) is 0 Å². The lowest BCUT2D eigenvalue weighted by atomic mass is 10.0. The maximum Gasteiger partial charge on any atom is 0.253 e. The van der Waals surface area contributed by atoms with Gasteiger partial charge in [-0.1, -0.05) is 0 Å². The van der Waals surface area contributed by atoms with Crippen LogP contribution < -0.4 is 5.32 Å². The van der Waals surface area contributed by atoms with Crippen LogP contribution in [0.15, 0.2) is 29.2 Å². The summed E-state index contributed by atoms with van der Waals surface area (Å²) < 4.78 is 24.5. The maximum absolute atomic E-state index is 12.9. The average Bonchev–Trinajstić information content (AvgIpc) is 2.68. The minimum absolute atomic E-state index is 0.0536. The summed E-state index contributed by atoms with van der Waals surface area (Å²) in [6, 6.07) is 6.22. The smallest absolute Gasteiger partial charge is 0.253 e. The van der Waals surface area contributed by atoms with Gasteiger partial charge >= 0.3 is 0 Å². The molecular formula is C19H27N3O4S. The number of nitrogens with one attached hydrogen (secondary N) is 1. The summed E-state index contributed by atoms with van der Waals surface area (Å²) in [5, 5.41) is 2.57. The molecule has 2 heterocycles. The summed E-state index contributed by atoms with van der Waals surface area (Å²) in [5.74, 6) is -0.0282. The number of carbonyl (C=O) groups excluding carboxylic acids is 2. The second-order valence-electron chi connectivity index (χ2n) is 7.43. The summed E-state index contributed by atoms with van der Waals surface area (Å²) >= 11 is 0. The minimum atomic E-state index is -3.35. The Morgan fingerprint density at radius 1 is 1.19 bits per heavy atom. The van der Waals surface area contributed by atoms with Crippen LogP contribution in [0.25, 0.3) is 0 Å². The summed E-state index contributed by atoms with van der Waals surface area (Å²) in [6.07, 6.45) is 1.76. The van der Waals surface area contributed by atoms with Crippen molar-refractivity contribution >= 4 is 21.7 Å². The molecule has 2 aliphatic heterocycles. The number of piperazine rings is 1. The van der Waals surface area contributed by atoms with Crippen molar-refractivity contribution < 1.29 is 18.0 Å². The molecule has 2 amide bonds. The van der Waals surface area contributed by atoms with Crippen LogP contribution >= 0.6 is 0 Å². The van der Waals surface area contributed by atoms with Gasteiger partial charge in [-0.15, -0.1) is 0 Å². The largest absolute Gasteiger partial charge is 0.337 e.